The fourth-order valence-electron chi connectivity index (χ4n) is 0.342. The maximum atomic E-state index is 10.2. The molecule has 0 aromatic carbocycles. The van der Waals surface area contributed by atoms with Gasteiger partial charge >= 0.3 is 10.9 Å². The number of hydrogen-bond acceptors (Lipinski definition) is 4. The molecule has 0 heterocycles. The molecule has 0 saturated carbocycles. The summed E-state index contributed by atoms with van der Waals surface area (Å²) in [5, 5.41) is 19.2. The van der Waals surface area contributed by atoms with E-state index in [1.54, 1.807) is 0 Å². The molecule has 6 nitrogen and oxygen atoms in total. The van der Waals surface area contributed by atoms with Crippen LogP contribution in [0.3, 0.4) is 0 Å². The fraction of sp³-hybridized carbons (Fsp3) is 0. The van der Waals surface area contributed by atoms with Gasteiger partial charge in [-0.25, -0.2) is 0 Å². The number of nitro groups is 2. The third-order valence-electron chi connectivity index (χ3n) is 0.821. The molecular weight excluding hydrogens is 246 g/mol. The summed E-state index contributed by atoms with van der Waals surface area (Å²) in [5.74, 6) is 0. The van der Waals surface area contributed by atoms with Crippen LogP contribution in [0.25, 0.3) is 0 Å². The smallest absolute Gasteiger partial charge is 0.258 e. The molecule has 0 aromatic heterocycles. The van der Waals surface area contributed by atoms with Crippen molar-refractivity contribution in [2.45, 2.75) is 0 Å². The number of hydrogen-bond donors (Lipinski definition) is 0. The minimum atomic E-state index is -1.01. The second kappa shape index (κ2) is 5.00. The predicted octanol–water partition coefficient (Wildman–Crippen LogP) is 2.27. The predicted molar refractivity (Wildman–Crippen MR) is 46.7 cm³/mol. The standard InChI is InChI=1S/C4HCl3N2O4/c5-3(9(12)13)1-2(4(6)7)8(10)11/h1H/b3-1+. The van der Waals surface area contributed by atoms with E-state index in [2.05, 4.69) is 0 Å². The van der Waals surface area contributed by atoms with Crippen molar-refractivity contribution in [3.63, 3.8) is 0 Å². The highest BCUT2D eigenvalue weighted by atomic mass is 35.5. The Morgan fingerprint density at radius 1 is 1.08 bits per heavy atom. The molecule has 0 saturated heterocycles. The molecule has 0 spiro atoms. The van der Waals surface area contributed by atoms with Crippen LogP contribution in [0.1, 0.15) is 0 Å². The topological polar surface area (TPSA) is 86.3 Å². The average molecular weight is 247 g/mol. The van der Waals surface area contributed by atoms with E-state index in [-0.39, 0.29) is 0 Å². The summed E-state index contributed by atoms with van der Waals surface area (Å²) >= 11 is 15.1. The van der Waals surface area contributed by atoms with Crippen LogP contribution >= 0.6 is 34.8 Å². The summed E-state index contributed by atoms with van der Waals surface area (Å²) < 4.78 is -0.704. The number of rotatable bonds is 3. The SMILES string of the molecule is O=[N+]([O-])C(/C=C(\Cl)[N+](=O)[O-])=C(Cl)Cl. The average Bonchev–Trinajstić information content (AvgIpc) is 1.97. The highest BCUT2D eigenvalue weighted by molar-refractivity contribution is 6.56. The summed E-state index contributed by atoms with van der Waals surface area (Å²) in [6.45, 7) is 0. The number of nitrogens with zero attached hydrogens (tertiary/aromatic N) is 2. The van der Waals surface area contributed by atoms with Gasteiger partial charge in [-0.15, -0.1) is 0 Å². The van der Waals surface area contributed by atoms with Crippen molar-refractivity contribution in [3.8, 4) is 0 Å². The first kappa shape index (κ1) is 12.2. The van der Waals surface area contributed by atoms with Crippen molar-refractivity contribution >= 4 is 34.8 Å². The Morgan fingerprint density at radius 2 is 1.54 bits per heavy atom. The summed E-state index contributed by atoms with van der Waals surface area (Å²) in [6, 6.07) is 0. The lowest BCUT2D eigenvalue weighted by Crippen LogP contribution is -1.99. The highest BCUT2D eigenvalue weighted by Crippen LogP contribution is 2.18. The molecule has 0 radical (unpaired) electrons. The van der Waals surface area contributed by atoms with E-state index >= 15 is 0 Å². The Morgan fingerprint density at radius 3 is 1.77 bits per heavy atom. The largest absolute Gasteiger partial charge is 0.344 e. The van der Waals surface area contributed by atoms with Gasteiger partial charge < -0.3 is 0 Å². The van der Waals surface area contributed by atoms with Gasteiger partial charge in [0.15, 0.2) is 4.49 Å². The van der Waals surface area contributed by atoms with E-state index in [9.17, 15) is 20.2 Å². The van der Waals surface area contributed by atoms with Crippen molar-refractivity contribution < 1.29 is 9.85 Å². The van der Waals surface area contributed by atoms with Crippen LogP contribution < -0.4 is 0 Å². The van der Waals surface area contributed by atoms with E-state index in [4.69, 9.17) is 34.8 Å². The zero-order chi connectivity index (χ0) is 10.6. The molecule has 9 heteroatoms. The summed E-state index contributed by atoms with van der Waals surface area (Å²) in [7, 11) is 0. The third kappa shape index (κ3) is 4.07. The lowest BCUT2D eigenvalue weighted by molar-refractivity contribution is -0.427. The molecule has 0 fully saturated rings. The van der Waals surface area contributed by atoms with Gasteiger partial charge in [-0.2, -0.15) is 0 Å². The van der Waals surface area contributed by atoms with E-state index in [0.29, 0.717) is 6.08 Å². The molecule has 0 aliphatic carbocycles. The maximum Gasteiger partial charge on any atom is 0.344 e. The molecule has 0 unspecified atom stereocenters. The first-order valence-corrected chi connectivity index (χ1v) is 3.71. The second-order valence-electron chi connectivity index (χ2n) is 1.63. The summed E-state index contributed by atoms with van der Waals surface area (Å²) in [4.78, 5) is 18.1. The van der Waals surface area contributed by atoms with E-state index in [1.165, 1.54) is 0 Å². The van der Waals surface area contributed by atoms with E-state index in [1.807, 2.05) is 0 Å². The second-order valence-corrected chi connectivity index (χ2v) is 2.96. The highest BCUT2D eigenvalue weighted by Gasteiger charge is 2.18. The normalized spacial score (nSPS) is 10.8. The van der Waals surface area contributed by atoms with E-state index < -0.39 is 25.2 Å². The van der Waals surface area contributed by atoms with Gasteiger partial charge in [0.2, 0.25) is 0 Å². The van der Waals surface area contributed by atoms with Gasteiger partial charge in [0.05, 0.1) is 9.85 Å². The van der Waals surface area contributed by atoms with Crippen LogP contribution in [0.5, 0.6) is 0 Å². The van der Waals surface area contributed by atoms with Crippen LogP contribution in [-0.4, -0.2) is 9.85 Å². The Labute approximate surface area is 86.7 Å². The van der Waals surface area contributed by atoms with Crippen molar-refractivity contribution in [3.05, 3.63) is 41.6 Å². The summed E-state index contributed by atoms with van der Waals surface area (Å²) in [6.07, 6.45) is 0.455. The monoisotopic (exact) mass is 246 g/mol. The molecule has 0 bridgehead atoms. The van der Waals surface area contributed by atoms with Crippen LogP contribution in [0.15, 0.2) is 21.4 Å². The molecule has 0 amide bonds. The third-order valence-corrected chi connectivity index (χ3v) is 1.45. The maximum absolute atomic E-state index is 10.2. The Bertz CT molecular complexity index is 307. The molecule has 0 aromatic rings. The van der Waals surface area contributed by atoms with Gasteiger partial charge in [0.25, 0.3) is 0 Å². The molecule has 0 aliphatic heterocycles. The molecular formula is C4HCl3N2O4. The lowest BCUT2D eigenvalue weighted by atomic mass is 10.5. The van der Waals surface area contributed by atoms with Crippen LogP contribution in [-0.2, 0) is 0 Å². The quantitative estimate of drug-likeness (QED) is 0.331. The lowest BCUT2D eigenvalue weighted by Gasteiger charge is -1.89. The molecule has 0 aliphatic rings. The van der Waals surface area contributed by atoms with Crippen molar-refractivity contribution in [1.29, 1.82) is 0 Å². The molecule has 0 atom stereocenters. The molecule has 72 valence electrons. The Kier molecular flexibility index (Phi) is 4.68. The van der Waals surface area contributed by atoms with Gasteiger partial charge in [-0.1, -0.05) is 23.2 Å². The zero-order valence-corrected chi connectivity index (χ0v) is 8.01. The fourth-order valence-corrected chi connectivity index (χ4v) is 0.692. The minimum absolute atomic E-state index is 0.455. The van der Waals surface area contributed by atoms with Gasteiger partial charge in [-0.05, 0) is 11.6 Å². The molecule has 13 heavy (non-hydrogen) atoms. The molecule has 0 rings (SSSR count). The number of halogens is 3. The van der Waals surface area contributed by atoms with E-state index in [0.717, 1.165) is 0 Å². The van der Waals surface area contributed by atoms with Crippen LogP contribution in [0.2, 0.25) is 0 Å². The minimum Gasteiger partial charge on any atom is -0.258 e. The first-order chi connectivity index (χ1) is 5.86. The molecule has 0 N–H and O–H groups in total. The Balaban J connectivity index is 5.06. The van der Waals surface area contributed by atoms with Crippen molar-refractivity contribution in [1.82, 2.24) is 0 Å². The zero-order valence-electron chi connectivity index (χ0n) is 5.74. The first-order valence-electron chi connectivity index (χ1n) is 2.57. The number of allylic oxidation sites excluding steroid dienone is 1. The van der Waals surface area contributed by atoms with Gasteiger partial charge in [0.1, 0.15) is 6.08 Å². The van der Waals surface area contributed by atoms with Crippen LogP contribution in [0, 0.1) is 20.2 Å². The van der Waals surface area contributed by atoms with Crippen molar-refractivity contribution in [2.75, 3.05) is 0 Å². The Hall–Kier alpha value is -0.850. The van der Waals surface area contributed by atoms with Crippen molar-refractivity contribution in [2.24, 2.45) is 0 Å². The van der Waals surface area contributed by atoms with Gasteiger partial charge in [0, 0.05) is 0 Å². The van der Waals surface area contributed by atoms with Crippen LogP contribution in [0.4, 0.5) is 0 Å². The summed E-state index contributed by atoms with van der Waals surface area (Å²) in [5.41, 5.74) is -0.829. The van der Waals surface area contributed by atoms with Gasteiger partial charge in [-0.3, -0.25) is 20.2 Å².